The summed E-state index contributed by atoms with van der Waals surface area (Å²) in [4.78, 5) is 0.101. The van der Waals surface area contributed by atoms with Gasteiger partial charge in [0.2, 0.25) is 5.13 Å². The maximum Gasteiger partial charge on any atom is 0.263 e. The molecule has 0 spiro atoms. The fraction of sp³-hybridized carbons (Fsp3) is 0.385. The lowest BCUT2D eigenvalue weighted by Gasteiger charge is -2.18. The van der Waals surface area contributed by atoms with Crippen molar-refractivity contribution in [2.45, 2.75) is 24.7 Å². The molecule has 1 aliphatic heterocycles. The van der Waals surface area contributed by atoms with Crippen LogP contribution in [0.25, 0.3) is 0 Å². The molecule has 2 heterocycles. The average molecular weight is 341 g/mol. The standard InChI is InChI=1S/C13H15N3O4S2/c1-2-3-12-14-15-13(21-12)16-22(17,18)9-4-5-10-11(8-9)20-7-6-19-10/h4-5,8H,2-3,6-7H2,1H3,(H,15,16). The zero-order valence-electron chi connectivity index (χ0n) is 11.9. The van der Waals surface area contributed by atoms with Crippen molar-refractivity contribution < 1.29 is 17.9 Å². The number of ether oxygens (including phenoxy) is 2. The lowest BCUT2D eigenvalue weighted by molar-refractivity contribution is 0.171. The molecule has 1 N–H and O–H groups in total. The first kappa shape index (κ1) is 15.0. The van der Waals surface area contributed by atoms with E-state index in [2.05, 4.69) is 14.9 Å². The predicted molar refractivity (Wildman–Crippen MR) is 82.1 cm³/mol. The summed E-state index contributed by atoms with van der Waals surface area (Å²) < 4.78 is 38.0. The van der Waals surface area contributed by atoms with Crippen LogP contribution < -0.4 is 14.2 Å². The molecule has 0 aliphatic carbocycles. The Bertz CT molecular complexity index is 773. The highest BCUT2D eigenvalue weighted by molar-refractivity contribution is 7.93. The van der Waals surface area contributed by atoms with Crippen molar-refractivity contribution in [3.63, 3.8) is 0 Å². The zero-order valence-corrected chi connectivity index (χ0v) is 13.5. The van der Waals surface area contributed by atoms with E-state index in [1.165, 1.54) is 23.5 Å². The molecule has 0 radical (unpaired) electrons. The third-order valence-corrected chi connectivity index (χ3v) is 5.34. The second-order valence-corrected chi connectivity index (χ2v) is 7.41. The quantitative estimate of drug-likeness (QED) is 0.895. The summed E-state index contributed by atoms with van der Waals surface area (Å²) in [7, 11) is -3.73. The van der Waals surface area contributed by atoms with Gasteiger partial charge in [0, 0.05) is 12.5 Å². The van der Waals surface area contributed by atoms with Gasteiger partial charge in [-0.25, -0.2) is 8.42 Å². The number of aryl methyl sites for hydroxylation is 1. The van der Waals surface area contributed by atoms with Crippen molar-refractivity contribution in [1.82, 2.24) is 10.2 Å². The normalized spacial score (nSPS) is 13.9. The molecule has 1 aliphatic rings. The first-order valence-corrected chi connectivity index (χ1v) is 9.13. The van der Waals surface area contributed by atoms with Crippen molar-refractivity contribution in [3.05, 3.63) is 23.2 Å². The number of nitrogens with zero attached hydrogens (tertiary/aromatic N) is 2. The van der Waals surface area contributed by atoms with E-state index in [1.54, 1.807) is 6.07 Å². The van der Waals surface area contributed by atoms with Gasteiger partial charge < -0.3 is 9.47 Å². The molecular weight excluding hydrogens is 326 g/mol. The molecule has 1 aromatic heterocycles. The van der Waals surface area contributed by atoms with Gasteiger partial charge in [-0.2, -0.15) is 0 Å². The Kier molecular flexibility index (Phi) is 4.16. The van der Waals surface area contributed by atoms with Gasteiger partial charge >= 0.3 is 0 Å². The SMILES string of the molecule is CCCc1nnc(NS(=O)(=O)c2ccc3c(c2)OCCO3)s1. The number of rotatable bonds is 5. The predicted octanol–water partition coefficient (Wildman–Crippen LogP) is 2.06. The molecule has 0 atom stereocenters. The number of fused-ring (bicyclic) bond motifs is 1. The van der Waals surface area contributed by atoms with E-state index in [4.69, 9.17) is 9.47 Å². The molecule has 9 heteroatoms. The van der Waals surface area contributed by atoms with E-state index in [0.717, 1.165) is 17.8 Å². The molecule has 1 aromatic carbocycles. The highest BCUT2D eigenvalue weighted by Gasteiger charge is 2.20. The number of nitrogens with one attached hydrogen (secondary N) is 1. The smallest absolute Gasteiger partial charge is 0.263 e. The minimum absolute atomic E-state index is 0.101. The second kappa shape index (κ2) is 6.09. The van der Waals surface area contributed by atoms with Gasteiger partial charge in [-0.05, 0) is 18.6 Å². The molecular formula is C13H15N3O4S2. The Labute approximate surface area is 132 Å². The minimum Gasteiger partial charge on any atom is -0.486 e. The van der Waals surface area contributed by atoms with Crippen LogP contribution in [0.4, 0.5) is 5.13 Å². The number of hydrogen-bond acceptors (Lipinski definition) is 7. The number of anilines is 1. The molecule has 118 valence electrons. The van der Waals surface area contributed by atoms with Gasteiger partial charge in [0.05, 0.1) is 4.90 Å². The zero-order chi connectivity index (χ0) is 15.6. The van der Waals surface area contributed by atoms with Crippen LogP contribution in [-0.4, -0.2) is 31.8 Å². The third-order valence-electron chi connectivity index (χ3n) is 2.98. The Morgan fingerprint density at radius 2 is 2.00 bits per heavy atom. The van der Waals surface area contributed by atoms with Crippen LogP contribution in [0, 0.1) is 0 Å². The van der Waals surface area contributed by atoms with Gasteiger partial charge in [-0.15, -0.1) is 10.2 Å². The number of sulfonamides is 1. The lowest BCUT2D eigenvalue weighted by atomic mass is 10.3. The van der Waals surface area contributed by atoms with E-state index < -0.39 is 10.0 Å². The van der Waals surface area contributed by atoms with Crippen LogP contribution in [0.5, 0.6) is 11.5 Å². The van der Waals surface area contributed by atoms with Crippen molar-refractivity contribution in [2.75, 3.05) is 17.9 Å². The monoisotopic (exact) mass is 341 g/mol. The van der Waals surface area contributed by atoms with E-state index in [-0.39, 0.29) is 10.0 Å². The molecule has 0 saturated heterocycles. The summed E-state index contributed by atoms with van der Waals surface area (Å²) in [6.45, 7) is 2.89. The summed E-state index contributed by atoms with van der Waals surface area (Å²) in [5, 5.41) is 8.88. The maximum atomic E-state index is 12.4. The van der Waals surface area contributed by atoms with Crippen LogP contribution in [0.1, 0.15) is 18.4 Å². The topological polar surface area (TPSA) is 90.4 Å². The number of aromatic nitrogens is 2. The lowest BCUT2D eigenvalue weighted by Crippen LogP contribution is -2.17. The second-order valence-electron chi connectivity index (χ2n) is 4.66. The van der Waals surface area contributed by atoms with Crippen LogP contribution >= 0.6 is 11.3 Å². The average Bonchev–Trinajstić information content (AvgIpc) is 2.93. The largest absolute Gasteiger partial charge is 0.486 e. The highest BCUT2D eigenvalue weighted by Crippen LogP contribution is 2.33. The van der Waals surface area contributed by atoms with E-state index in [0.29, 0.717) is 24.7 Å². The van der Waals surface area contributed by atoms with Gasteiger partial charge in [0.1, 0.15) is 18.2 Å². The van der Waals surface area contributed by atoms with Crippen molar-refractivity contribution >= 4 is 26.5 Å². The maximum absolute atomic E-state index is 12.4. The van der Waals surface area contributed by atoms with Crippen molar-refractivity contribution in [2.24, 2.45) is 0 Å². The van der Waals surface area contributed by atoms with E-state index in [9.17, 15) is 8.42 Å². The molecule has 7 nitrogen and oxygen atoms in total. The molecule has 0 fully saturated rings. The van der Waals surface area contributed by atoms with Crippen LogP contribution in [0.15, 0.2) is 23.1 Å². The molecule has 2 aromatic rings. The summed E-state index contributed by atoms with van der Waals surface area (Å²) in [5.74, 6) is 0.976. The molecule has 3 rings (SSSR count). The van der Waals surface area contributed by atoms with Gasteiger partial charge in [0.15, 0.2) is 11.5 Å². The fourth-order valence-corrected chi connectivity index (χ4v) is 4.06. The molecule has 0 unspecified atom stereocenters. The summed E-state index contributed by atoms with van der Waals surface area (Å²) in [6, 6.07) is 4.51. The molecule has 22 heavy (non-hydrogen) atoms. The Morgan fingerprint density at radius 1 is 1.23 bits per heavy atom. The number of benzene rings is 1. The summed E-state index contributed by atoms with van der Waals surface area (Å²) >= 11 is 1.24. The minimum atomic E-state index is -3.73. The van der Waals surface area contributed by atoms with Gasteiger partial charge in [-0.3, -0.25) is 4.72 Å². The van der Waals surface area contributed by atoms with Gasteiger partial charge in [-0.1, -0.05) is 18.3 Å². The van der Waals surface area contributed by atoms with Crippen LogP contribution in [0.3, 0.4) is 0 Å². The van der Waals surface area contributed by atoms with Crippen LogP contribution in [0.2, 0.25) is 0 Å². The fourth-order valence-electron chi connectivity index (χ4n) is 1.97. The summed E-state index contributed by atoms with van der Waals surface area (Å²) in [6.07, 6.45) is 1.72. The van der Waals surface area contributed by atoms with Crippen molar-refractivity contribution in [3.8, 4) is 11.5 Å². The van der Waals surface area contributed by atoms with E-state index in [1.807, 2.05) is 6.92 Å². The van der Waals surface area contributed by atoms with Crippen LogP contribution in [-0.2, 0) is 16.4 Å². The summed E-state index contributed by atoms with van der Waals surface area (Å²) in [5.41, 5.74) is 0. The highest BCUT2D eigenvalue weighted by atomic mass is 32.2. The Morgan fingerprint density at radius 3 is 2.77 bits per heavy atom. The molecule has 0 saturated carbocycles. The number of hydrogen-bond donors (Lipinski definition) is 1. The Hall–Kier alpha value is -1.87. The Balaban J connectivity index is 1.82. The molecule has 0 amide bonds. The first-order chi connectivity index (χ1) is 10.6. The van der Waals surface area contributed by atoms with Crippen molar-refractivity contribution in [1.29, 1.82) is 0 Å². The van der Waals surface area contributed by atoms with Gasteiger partial charge in [0.25, 0.3) is 10.0 Å². The molecule has 0 bridgehead atoms. The first-order valence-electron chi connectivity index (χ1n) is 6.83. The third kappa shape index (κ3) is 3.14. The van der Waals surface area contributed by atoms with E-state index >= 15 is 0 Å².